The fourth-order valence-electron chi connectivity index (χ4n) is 2.52. The monoisotopic (exact) mass is 230 g/mol. The first-order valence-corrected chi connectivity index (χ1v) is 6.42. The van der Waals surface area contributed by atoms with E-state index in [1.165, 1.54) is 12.0 Å². The normalized spacial score (nSPS) is 25.0. The summed E-state index contributed by atoms with van der Waals surface area (Å²) in [4.78, 5) is 2.48. The Morgan fingerprint density at radius 2 is 2.18 bits per heavy atom. The van der Waals surface area contributed by atoms with Gasteiger partial charge in [0.2, 0.25) is 0 Å². The van der Waals surface area contributed by atoms with Gasteiger partial charge in [0.25, 0.3) is 0 Å². The van der Waals surface area contributed by atoms with Gasteiger partial charge < -0.3 is 5.32 Å². The summed E-state index contributed by atoms with van der Waals surface area (Å²) in [6.45, 7) is 9.23. The van der Waals surface area contributed by atoms with Crippen LogP contribution in [0.2, 0.25) is 0 Å². The highest BCUT2D eigenvalue weighted by atomic mass is 15.2. The van der Waals surface area contributed by atoms with Crippen molar-refractivity contribution in [3.63, 3.8) is 0 Å². The summed E-state index contributed by atoms with van der Waals surface area (Å²) in [7, 11) is 0. The number of hydrogen-bond donors (Lipinski definition) is 1. The van der Waals surface area contributed by atoms with Crippen LogP contribution in [0.1, 0.15) is 18.9 Å². The van der Waals surface area contributed by atoms with Crippen LogP contribution in [0.3, 0.4) is 0 Å². The number of nitrogens with one attached hydrogen (secondary N) is 1. The summed E-state index contributed by atoms with van der Waals surface area (Å²) < 4.78 is 0. The van der Waals surface area contributed by atoms with Gasteiger partial charge >= 0.3 is 0 Å². The molecule has 92 valence electrons. The highest BCUT2D eigenvalue weighted by Crippen LogP contribution is 2.17. The van der Waals surface area contributed by atoms with E-state index in [-0.39, 0.29) is 0 Å². The fraction of sp³-hybridized carbons (Fsp3) is 0.467. The Kier molecular flexibility index (Phi) is 4.35. The summed E-state index contributed by atoms with van der Waals surface area (Å²) in [6, 6.07) is 11.9. The molecule has 1 aromatic rings. The molecule has 1 saturated heterocycles. The van der Waals surface area contributed by atoms with Gasteiger partial charge in [-0.1, -0.05) is 36.4 Å². The summed E-state index contributed by atoms with van der Waals surface area (Å²) in [5.74, 6) is 0. The zero-order valence-corrected chi connectivity index (χ0v) is 10.6. The second-order valence-corrected chi connectivity index (χ2v) is 4.89. The van der Waals surface area contributed by atoms with Gasteiger partial charge in [0, 0.05) is 31.7 Å². The third kappa shape index (κ3) is 3.42. The van der Waals surface area contributed by atoms with E-state index in [0.29, 0.717) is 12.1 Å². The summed E-state index contributed by atoms with van der Waals surface area (Å²) in [6.07, 6.45) is 3.23. The number of benzene rings is 1. The average Bonchev–Trinajstić information content (AvgIpc) is 2.70. The van der Waals surface area contributed by atoms with Gasteiger partial charge in [-0.15, -0.1) is 6.58 Å². The molecule has 2 nitrogen and oxygen atoms in total. The highest BCUT2D eigenvalue weighted by molar-refractivity contribution is 5.14. The Hall–Kier alpha value is -1.12. The maximum atomic E-state index is 3.82. The van der Waals surface area contributed by atoms with Crippen molar-refractivity contribution in [2.45, 2.75) is 32.0 Å². The molecule has 2 rings (SSSR count). The lowest BCUT2D eigenvalue weighted by Gasteiger charge is -2.18. The maximum Gasteiger partial charge on any atom is 0.0213 e. The first-order valence-electron chi connectivity index (χ1n) is 6.42. The summed E-state index contributed by atoms with van der Waals surface area (Å²) >= 11 is 0. The quantitative estimate of drug-likeness (QED) is 0.782. The molecule has 0 amide bonds. The van der Waals surface area contributed by atoms with Gasteiger partial charge in [0.05, 0.1) is 0 Å². The average molecular weight is 230 g/mol. The molecule has 1 heterocycles. The van der Waals surface area contributed by atoms with E-state index in [9.17, 15) is 0 Å². The van der Waals surface area contributed by atoms with Gasteiger partial charge in [-0.05, 0) is 18.9 Å². The zero-order chi connectivity index (χ0) is 12.1. The van der Waals surface area contributed by atoms with Gasteiger partial charge in [-0.3, -0.25) is 4.90 Å². The molecular formula is C15H22N2. The second kappa shape index (κ2) is 5.99. The molecule has 2 atom stereocenters. The van der Waals surface area contributed by atoms with Crippen molar-refractivity contribution in [2.24, 2.45) is 0 Å². The molecule has 0 bridgehead atoms. The van der Waals surface area contributed by atoms with E-state index in [1.807, 2.05) is 6.08 Å². The van der Waals surface area contributed by atoms with Gasteiger partial charge in [0.15, 0.2) is 0 Å². The van der Waals surface area contributed by atoms with Crippen molar-refractivity contribution in [2.75, 3.05) is 13.1 Å². The predicted octanol–water partition coefficient (Wildman–Crippen LogP) is 2.43. The molecule has 1 aromatic carbocycles. The molecule has 1 fully saturated rings. The molecule has 0 aromatic heterocycles. The molecule has 2 heteroatoms. The van der Waals surface area contributed by atoms with Gasteiger partial charge in [0.1, 0.15) is 0 Å². The minimum atomic E-state index is 0.616. The van der Waals surface area contributed by atoms with E-state index in [0.717, 1.165) is 19.6 Å². The van der Waals surface area contributed by atoms with Crippen LogP contribution in [0, 0.1) is 0 Å². The first kappa shape index (κ1) is 12.3. The first-order chi connectivity index (χ1) is 8.29. The summed E-state index contributed by atoms with van der Waals surface area (Å²) in [5, 5.41) is 3.64. The lowest BCUT2D eigenvalue weighted by molar-refractivity contribution is 0.294. The molecule has 0 aliphatic carbocycles. The Balaban J connectivity index is 1.79. The number of hydrogen-bond acceptors (Lipinski definition) is 2. The number of likely N-dealkylation sites (tertiary alicyclic amines) is 1. The zero-order valence-electron chi connectivity index (χ0n) is 10.6. The molecule has 1 aliphatic heterocycles. The molecule has 0 radical (unpaired) electrons. The molecular weight excluding hydrogens is 208 g/mol. The standard InChI is InChI=1S/C15H22N2/c1-3-9-17-12-15(10-13(17)2)16-11-14-7-5-4-6-8-14/h3-8,13,15-16H,1,9-12H2,2H3/t13-,15+/m0/s1. The minimum absolute atomic E-state index is 0.616. The van der Waals surface area contributed by atoms with E-state index >= 15 is 0 Å². The molecule has 0 spiro atoms. The van der Waals surface area contributed by atoms with Crippen LogP contribution >= 0.6 is 0 Å². The lowest BCUT2D eigenvalue weighted by atomic mass is 10.1. The topological polar surface area (TPSA) is 15.3 Å². The van der Waals surface area contributed by atoms with Crippen LogP contribution < -0.4 is 5.32 Å². The third-order valence-electron chi connectivity index (χ3n) is 3.51. The Morgan fingerprint density at radius 1 is 1.41 bits per heavy atom. The van der Waals surface area contributed by atoms with Crippen LogP contribution in [0.5, 0.6) is 0 Å². The Labute approximate surface area is 104 Å². The van der Waals surface area contributed by atoms with Crippen LogP contribution in [0.15, 0.2) is 43.0 Å². The Morgan fingerprint density at radius 3 is 2.88 bits per heavy atom. The SMILES string of the molecule is C=CCN1C[C@H](NCc2ccccc2)C[C@@H]1C. The van der Waals surface area contributed by atoms with Crippen molar-refractivity contribution in [1.29, 1.82) is 0 Å². The van der Waals surface area contributed by atoms with Gasteiger partial charge in [-0.2, -0.15) is 0 Å². The summed E-state index contributed by atoms with van der Waals surface area (Å²) in [5.41, 5.74) is 1.36. The molecule has 1 N–H and O–H groups in total. The van der Waals surface area contributed by atoms with Crippen LogP contribution in [-0.4, -0.2) is 30.1 Å². The molecule has 1 aliphatic rings. The largest absolute Gasteiger partial charge is 0.309 e. The van der Waals surface area contributed by atoms with Crippen molar-refractivity contribution in [3.05, 3.63) is 48.6 Å². The maximum absolute atomic E-state index is 3.82. The smallest absolute Gasteiger partial charge is 0.0213 e. The lowest BCUT2D eigenvalue weighted by Crippen LogP contribution is -2.32. The van der Waals surface area contributed by atoms with E-state index < -0.39 is 0 Å². The van der Waals surface area contributed by atoms with Gasteiger partial charge in [-0.25, -0.2) is 0 Å². The van der Waals surface area contributed by atoms with Crippen LogP contribution in [0.25, 0.3) is 0 Å². The molecule has 0 saturated carbocycles. The molecule has 0 unspecified atom stereocenters. The fourth-order valence-corrected chi connectivity index (χ4v) is 2.52. The third-order valence-corrected chi connectivity index (χ3v) is 3.51. The highest BCUT2D eigenvalue weighted by Gasteiger charge is 2.27. The second-order valence-electron chi connectivity index (χ2n) is 4.89. The number of nitrogens with zero attached hydrogens (tertiary/aromatic N) is 1. The molecule has 17 heavy (non-hydrogen) atoms. The predicted molar refractivity (Wildman–Crippen MR) is 72.9 cm³/mol. The minimum Gasteiger partial charge on any atom is -0.309 e. The van der Waals surface area contributed by atoms with Crippen molar-refractivity contribution in [1.82, 2.24) is 10.2 Å². The van der Waals surface area contributed by atoms with Crippen molar-refractivity contribution < 1.29 is 0 Å². The van der Waals surface area contributed by atoms with E-state index in [1.54, 1.807) is 0 Å². The van der Waals surface area contributed by atoms with E-state index in [4.69, 9.17) is 0 Å². The van der Waals surface area contributed by atoms with E-state index in [2.05, 4.69) is 54.1 Å². The van der Waals surface area contributed by atoms with Crippen LogP contribution in [0.4, 0.5) is 0 Å². The van der Waals surface area contributed by atoms with Crippen LogP contribution in [-0.2, 0) is 6.54 Å². The van der Waals surface area contributed by atoms with Crippen molar-refractivity contribution >= 4 is 0 Å². The van der Waals surface area contributed by atoms with Crippen molar-refractivity contribution in [3.8, 4) is 0 Å². The number of rotatable bonds is 5. The Bertz CT molecular complexity index is 347.